The van der Waals surface area contributed by atoms with Crippen LogP contribution in [-0.4, -0.2) is 29.8 Å². The van der Waals surface area contributed by atoms with E-state index in [9.17, 15) is 31.5 Å². The van der Waals surface area contributed by atoms with Crippen LogP contribution in [-0.2, 0) is 9.59 Å². The summed E-state index contributed by atoms with van der Waals surface area (Å²) >= 11 is 0. The number of hydrazine groups is 1. The molecular weight excluding hydrogens is 421 g/mol. The molecule has 0 saturated carbocycles. The number of halogens is 5. The topological polar surface area (TPSA) is 61.4 Å². The third kappa shape index (κ3) is 5.01. The van der Waals surface area contributed by atoms with Crippen LogP contribution in [0.3, 0.4) is 0 Å². The summed E-state index contributed by atoms with van der Waals surface area (Å²) in [6.45, 7) is 0.553. The Morgan fingerprint density at radius 3 is 2.00 bits per heavy atom. The quantitative estimate of drug-likeness (QED) is 0.245. The van der Waals surface area contributed by atoms with Crippen molar-refractivity contribution in [3.05, 3.63) is 71.1 Å². The molecule has 1 aliphatic heterocycles. The first kappa shape index (κ1) is 22.3. The number of carbonyl (C=O) groups is 2. The van der Waals surface area contributed by atoms with Gasteiger partial charge in [-0.3, -0.25) is 20.4 Å². The van der Waals surface area contributed by atoms with E-state index in [1.54, 1.807) is 16.4 Å². The number of piperidine rings is 1. The first-order valence-electron chi connectivity index (χ1n) is 9.39. The molecule has 2 aromatic carbocycles. The highest BCUT2D eigenvalue weighted by atomic mass is 19.2. The number of nitrogens with one attached hydrogen (secondary N) is 2. The van der Waals surface area contributed by atoms with Gasteiger partial charge < -0.3 is 4.90 Å². The van der Waals surface area contributed by atoms with Crippen molar-refractivity contribution in [2.75, 3.05) is 18.5 Å². The molecule has 164 valence electrons. The van der Waals surface area contributed by atoms with Gasteiger partial charge in [0.15, 0.2) is 23.3 Å². The van der Waals surface area contributed by atoms with Crippen LogP contribution in [0.4, 0.5) is 27.6 Å². The lowest BCUT2D eigenvalue weighted by atomic mass is 9.96. The standard InChI is InChI=1S/C21H18F5N3O2/c22-15-16(23)18(25)20(19(26)17(15)24)27-28-21(31)13-8-10-29(11-9-13)14(30)7-6-12-4-2-1-3-5-12/h1-7,13,27H,8-11H2,(H,28,31)/b7-6+. The zero-order valence-electron chi connectivity index (χ0n) is 16.1. The number of hydrogen-bond acceptors (Lipinski definition) is 3. The van der Waals surface area contributed by atoms with Crippen molar-refractivity contribution in [1.82, 2.24) is 10.3 Å². The Hall–Kier alpha value is -3.43. The second-order valence-electron chi connectivity index (χ2n) is 6.90. The number of likely N-dealkylation sites (tertiary alicyclic amines) is 1. The Morgan fingerprint density at radius 1 is 0.871 bits per heavy atom. The number of anilines is 1. The van der Waals surface area contributed by atoms with E-state index in [4.69, 9.17) is 0 Å². The first-order chi connectivity index (χ1) is 14.8. The Balaban J connectivity index is 1.53. The predicted molar refractivity (Wildman–Crippen MR) is 103 cm³/mol. The minimum atomic E-state index is -2.29. The fraction of sp³-hybridized carbons (Fsp3) is 0.238. The highest BCUT2D eigenvalue weighted by Gasteiger charge is 2.29. The maximum absolute atomic E-state index is 13.6. The summed E-state index contributed by atoms with van der Waals surface area (Å²) in [6, 6.07) is 9.23. The van der Waals surface area contributed by atoms with Crippen molar-refractivity contribution in [3.8, 4) is 0 Å². The molecule has 0 spiro atoms. The molecule has 2 N–H and O–H groups in total. The van der Waals surface area contributed by atoms with Gasteiger partial charge in [0.25, 0.3) is 0 Å². The monoisotopic (exact) mass is 439 g/mol. The van der Waals surface area contributed by atoms with E-state index in [1.165, 1.54) is 6.08 Å². The number of hydrogen-bond donors (Lipinski definition) is 2. The van der Waals surface area contributed by atoms with E-state index in [-0.39, 0.29) is 31.8 Å². The first-order valence-corrected chi connectivity index (χ1v) is 9.39. The lowest BCUT2D eigenvalue weighted by Crippen LogP contribution is -2.44. The molecule has 0 unspecified atom stereocenters. The lowest BCUT2D eigenvalue weighted by molar-refractivity contribution is -0.131. The van der Waals surface area contributed by atoms with Crippen LogP contribution >= 0.6 is 0 Å². The molecule has 2 amide bonds. The van der Waals surface area contributed by atoms with Crippen molar-refractivity contribution in [2.45, 2.75) is 12.8 Å². The van der Waals surface area contributed by atoms with E-state index in [0.29, 0.717) is 0 Å². The average molecular weight is 439 g/mol. The summed E-state index contributed by atoms with van der Waals surface area (Å²) in [5.74, 6) is -12.2. The molecule has 1 aliphatic rings. The summed E-state index contributed by atoms with van der Waals surface area (Å²) in [6.07, 6.45) is 3.65. The summed E-state index contributed by atoms with van der Waals surface area (Å²) in [4.78, 5) is 26.0. The van der Waals surface area contributed by atoms with Crippen molar-refractivity contribution in [3.63, 3.8) is 0 Å². The Bertz CT molecular complexity index is 977. The van der Waals surface area contributed by atoms with Crippen LogP contribution in [0.2, 0.25) is 0 Å². The fourth-order valence-electron chi connectivity index (χ4n) is 3.14. The van der Waals surface area contributed by atoms with Gasteiger partial charge in [-0.25, -0.2) is 22.0 Å². The molecule has 1 heterocycles. The van der Waals surface area contributed by atoms with Crippen LogP contribution in [0.5, 0.6) is 0 Å². The molecule has 0 bridgehead atoms. The number of carbonyl (C=O) groups excluding carboxylic acids is 2. The molecule has 0 atom stereocenters. The van der Waals surface area contributed by atoms with Crippen molar-refractivity contribution in [1.29, 1.82) is 0 Å². The third-order valence-electron chi connectivity index (χ3n) is 4.92. The largest absolute Gasteiger partial charge is 0.339 e. The van der Waals surface area contributed by atoms with Gasteiger partial charge in [0, 0.05) is 25.1 Å². The van der Waals surface area contributed by atoms with Crippen LogP contribution in [0.15, 0.2) is 36.4 Å². The van der Waals surface area contributed by atoms with E-state index in [2.05, 4.69) is 0 Å². The highest BCUT2D eigenvalue weighted by molar-refractivity contribution is 5.92. The van der Waals surface area contributed by atoms with Crippen LogP contribution in [0.1, 0.15) is 18.4 Å². The summed E-state index contributed by atoms with van der Waals surface area (Å²) in [5, 5.41) is 0. The minimum Gasteiger partial charge on any atom is -0.339 e. The molecule has 0 radical (unpaired) electrons. The molecule has 10 heteroatoms. The van der Waals surface area contributed by atoms with Gasteiger partial charge in [-0.05, 0) is 24.5 Å². The van der Waals surface area contributed by atoms with E-state index in [1.807, 2.05) is 35.8 Å². The van der Waals surface area contributed by atoms with E-state index in [0.717, 1.165) is 5.56 Å². The Morgan fingerprint density at radius 2 is 1.42 bits per heavy atom. The molecule has 5 nitrogen and oxygen atoms in total. The van der Waals surface area contributed by atoms with Crippen LogP contribution in [0, 0.1) is 35.0 Å². The summed E-state index contributed by atoms with van der Waals surface area (Å²) < 4.78 is 66.8. The molecule has 3 rings (SSSR count). The van der Waals surface area contributed by atoms with Gasteiger partial charge in [0.05, 0.1) is 0 Å². The third-order valence-corrected chi connectivity index (χ3v) is 4.92. The number of nitrogens with zero attached hydrogens (tertiary/aromatic N) is 1. The predicted octanol–water partition coefficient (Wildman–Crippen LogP) is 3.78. The molecular formula is C21H18F5N3O2. The van der Waals surface area contributed by atoms with Crippen LogP contribution < -0.4 is 10.9 Å². The SMILES string of the molecule is O=C(NNc1c(F)c(F)c(F)c(F)c1F)C1CCN(C(=O)/C=C/c2ccccc2)CC1. The van der Waals surface area contributed by atoms with Gasteiger partial charge in [-0.15, -0.1) is 0 Å². The van der Waals surface area contributed by atoms with Crippen molar-refractivity contribution < 1.29 is 31.5 Å². The maximum Gasteiger partial charge on any atom is 0.246 e. The average Bonchev–Trinajstić information content (AvgIpc) is 2.80. The van der Waals surface area contributed by atoms with Gasteiger partial charge in [0.1, 0.15) is 5.69 Å². The van der Waals surface area contributed by atoms with Gasteiger partial charge >= 0.3 is 0 Å². The van der Waals surface area contributed by atoms with E-state index < -0.39 is 46.6 Å². The second kappa shape index (κ2) is 9.59. The van der Waals surface area contributed by atoms with E-state index >= 15 is 0 Å². The normalized spacial score (nSPS) is 14.7. The summed E-state index contributed by atoms with van der Waals surface area (Å²) in [5.41, 5.74) is 3.27. The zero-order chi connectivity index (χ0) is 22.5. The van der Waals surface area contributed by atoms with Gasteiger partial charge in [-0.1, -0.05) is 30.3 Å². The molecule has 2 aromatic rings. The number of benzene rings is 2. The highest BCUT2D eigenvalue weighted by Crippen LogP contribution is 2.27. The molecule has 1 saturated heterocycles. The molecule has 0 aromatic heterocycles. The number of amides is 2. The smallest absolute Gasteiger partial charge is 0.246 e. The molecule has 0 aliphatic carbocycles. The maximum atomic E-state index is 13.6. The molecule has 1 fully saturated rings. The van der Waals surface area contributed by atoms with Gasteiger partial charge in [0.2, 0.25) is 17.6 Å². The van der Waals surface area contributed by atoms with Gasteiger partial charge in [-0.2, -0.15) is 0 Å². The molecule has 31 heavy (non-hydrogen) atoms. The van der Waals surface area contributed by atoms with Crippen molar-refractivity contribution in [2.24, 2.45) is 5.92 Å². The number of rotatable bonds is 5. The van der Waals surface area contributed by atoms with Crippen LogP contribution in [0.25, 0.3) is 6.08 Å². The van der Waals surface area contributed by atoms with Crippen molar-refractivity contribution >= 4 is 23.6 Å². The Kier molecular flexibility index (Phi) is 6.88. The Labute approximate surface area is 174 Å². The lowest BCUT2D eigenvalue weighted by Gasteiger charge is -2.30. The summed E-state index contributed by atoms with van der Waals surface area (Å²) in [7, 11) is 0. The second-order valence-corrected chi connectivity index (χ2v) is 6.90. The zero-order valence-corrected chi connectivity index (χ0v) is 16.1. The fourth-order valence-corrected chi connectivity index (χ4v) is 3.14. The minimum absolute atomic E-state index is 0.220.